The van der Waals surface area contributed by atoms with E-state index in [0.717, 1.165) is 30.0 Å². The summed E-state index contributed by atoms with van der Waals surface area (Å²) in [4.78, 5) is 18.7. The molecule has 0 saturated heterocycles. The molecule has 0 radical (unpaired) electrons. The smallest absolute Gasteiger partial charge is 0.253 e. The largest absolute Gasteiger partial charge is 0.476 e. The normalized spacial score (nSPS) is 15.9. The molecular weight excluding hydrogens is 338 g/mol. The van der Waals surface area contributed by atoms with Gasteiger partial charge in [0.1, 0.15) is 6.61 Å². The fourth-order valence-corrected chi connectivity index (χ4v) is 3.11. The Hall–Kier alpha value is -2.11. The number of carbonyl (C=O) groups is 1. The van der Waals surface area contributed by atoms with Crippen molar-refractivity contribution in [1.29, 1.82) is 0 Å². The Balaban J connectivity index is 1.59. The summed E-state index contributed by atoms with van der Waals surface area (Å²) in [5.74, 6) is 0.402. The lowest BCUT2D eigenvalue weighted by Gasteiger charge is -2.14. The van der Waals surface area contributed by atoms with Crippen molar-refractivity contribution in [2.45, 2.75) is 18.9 Å². The van der Waals surface area contributed by atoms with Crippen LogP contribution in [-0.4, -0.2) is 43.0 Å². The van der Waals surface area contributed by atoms with Crippen LogP contribution in [0.5, 0.6) is 5.88 Å². The molecule has 25 heavy (non-hydrogen) atoms. The quantitative estimate of drug-likeness (QED) is 0.861. The molecule has 5 nitrogen and oxygen atoms in total. The van der Waals surface area contributed by atoms with Crippen LogP contribution < -0.4 is 10.1 Å². The van der Waals surface area contributed by atoms with Gasteiger partial charge in [-0.3, -0.25) is 4.79 Å². The second-order valence-corrected chi connectivity index (χ2v) is 6.88. The van der Waals surface area contributed by atoms with Crippen molar-refractivity contribution < 1.29 is 9.53 Å². The van der Waals surface area contributed by atoms with Crippen molar-refractivity contribution in [3.63, 3.8) is 0 Å². The number of rotatable bonds is 6. The minimum absolute atomic E-state index is 0.0239. The van der Waals surface area contributed by atoms with Gasteiger partial charge < -0.3 is 15.0 Å². The highest BCUT2D eigenvalue weighted by atomic mass is 35.5. The summed E-state index contributed by atoms with van der Waals surface area (Å²) in [6.45, 7) is 1.38. The number of amides is 1. The van der Waals surface area contributed by atoms with Crippen LogP contribution in [0.1, 0.15) is 33.9 Å². The third kappa shape index (κ3) is 4.50. The van der Waals surface area contributed by atoms with Crippen molar-refractivity contribution in [2.75, 3.05) is 27.2 Å². The van der Waals surface area contributed by atoms with E-state index in [1.807, 2.05) is 37.2 Å². The second kappa shape index (κ2) is 7.85. The minimum atomic E-state index is -0.125. The van der Waals surface area contributed by atoms with Gasteiger partial charge in [-0.1, -0.05) is 17.7 Å². The Morgan fingerprint density at radius 3 is 2.92 bits per heavy atom. The van der Waals surface area contributed by atoms with Gasteiger partial charge in [-0.05, 0) is 56.3 Å². The molecule has 6 heteroatoms. The number of nitrogens with zero attached hydrogens (tertiary/aromatic N) is 2. The Morgan fingerprint density at radius 2 is 2.20 bits per heavy atom. The molecule has 0 bridgehead atoms. The van der Waals surface area contributed by atoms with E-state index in [1.54, 1.807) is 18.3 Å². The lowest BCUT2D eigenvalue weighted by Crippen LogP contribution is -2.27. The molecule has 1 aliphatic carbocycles. The summed E-state index contributed by atoms with van der Waals surface area (Å²) in [6.07, 6.45) is 3.37. The molecule has 0 fully saturated rings. The van der Waals surface area contributed by atoms with Gasteiger partial charge in [-0.15, -0.1) is 0 Å². The molecule has 1 unspecified atom stereocenters. The number of carbonyl (C=O) groups excluding carboxylic acids is 1. The molecule has 1 atom stereocenters. The number of halogens is 1. The Morgan fingerprint density at radius 1 is 1.36 bits per heavy atom. The topological polar surface area (TPSA) is 54.5 Å². The molecule has 1 aliphatic rings. The maximum absolute atomic E-state index is 12.5. The van der Waals surface area contributed by atoms with E-state index in [1.165, 1.54) is 5.56 Å². The number of hydrogen-bond acceptors (Lipinski definition) is 4. The first-order valence-corrected chi connectivity index (χ1v) is 8.73. The van der Waals surface area contributed by atoms with Crippen LogP contribution in [0.4, 0.5) is 0 Å². The molecule has 0 spiro atoms. The summed E-state index contributed by atoms with van der Waals surface area (Å²) in [5.41, 5.74) is 2.89. The van der Waals surface area contributed by atoms with Gasteiger partial charge >= 0.3 is 0 Å². The fourth-order valence-electron chi connectivity index (χ4n) is 2.91. The predicted molar refractivity (Wildman–Crippen MR) is 98.3 cm³/mol. The molecule has 132 valence electrons. The van der Waals surface area contributed by atoms with Crippen molar-refractivity contribution in [3.8, 4) is 5.88 Å². The van der Waals surface area contributed by atoms with E-state index < -0.39 is 0 Å². The first kappa shape index (κ1) is 17.7. The minimum Gasteiger partial charge on any atom is -0.476 e. The summed E-state index contributed by atoms with van der Waals surface area (Å²) in [5, 5.41) is 3.81. The highest BCUT2D eigenvalue weighted by molar-refractivity contribution is 6.30. The molecular formula is C19H22ClN3O2. The highest BCUT2D eigenvalue weighted by Crippen LogP contribution is 2.33. The predicted octanol–water partition coefficient (Wildman–Crippen LogP) is 3.09. The molecule has 0 saturated carbocycles. The maximum Gasteiger partial charge on any atom is 0.253 e. The fraction of sp³-hybridized carbons (Fsp3) is 0.368. The summed E-state index contributed by atoms with van der Waals surface area (Å²) >= 11 is 6.03. The molecule has 0 aliphatic heterocycles. The molecule has 1 aromatic carbocycles. The lowest BCUT2D eigenvalue weighted by atomic mass is 10.1. The summed E-state index contributed by atoms with van der Waals surface area (Å²) in [7, 11) is 3.97. The molecule has 1 amide bonds. The zero-order valence-electron chi connectivity index (χ0n) is 14.5. The number of pyridine rings is 1. The third-order valence-corrected chi connectivity index (χ3v) is 4.51. The number of benzene rings is 1. The van der Waals surface area contributed by atoms with E-state index in [4.69, 9.17) is 16.3 Å². The average Bonchev–Trinajstić information content (AvgIpc) is 2.97. The zero-order valence-corrected chi connectivity index (χ0v) is 15.2. The Kier molecular flexibility index (Phi) is 5.56. The van der Waals surface area contributed by atoms with Gasteiger partial charge in [0, 0.05) is 23.8 Å². The number of ether oxygens (including phenoxy) is 1. The van der Waals surface area contributed by atoms with Gasteiger partial charge in [-0.2, -0.15) is 0 Å². The number of aryl methyl sites for hydroxylation is 1. The number of hydrogen-bond donors (Lipinski definition) is 1. The van der Waals surface area contributed by atoms with Gasteiger partial charge in [0.25, 0.3) is 5.91 Å². The monoisotopic (exact) mass is 359 g/mol. The van der Waals surface area contributed by atoms with Crippen LogP contribution in [0.15, 0.2) is 36.5 Å². The van der Waals surface area contributed by atoms with Crippen molar-refractivity contribution in [2.24, 2.45) is 0 Å². The van der Waals surface area contributed by atoms with Crippen molar-refractivity contribution in [1.82, 2.24) is 15.2 Å². The van der Waals surface area contributed by atoms with E-state index in [9.17, 15) is 4.79 Å². The zero-order chi connectivity index (χ0) is 17.8. The summed E-state index contributed by atoms with van der Waals surface area (Å²) < 4.78 is 5.55. The number of likely N-dealkylation sites (N-methyl/N-ethyl adjacent to an activating group) is 1. The van der Waals surface area contributed by atoms with E-state index in [0.29, 0.717) is 18.1 Å². The standard InChI is InChI=1S/C19H22ClN3O2/c1-23(2)9-10-25-18-8-4-14(12-21-18)19(24)22-17-7-3-13-11-15(20)5-6-16(13)17/h4-6,8,11-12,17H,3,7,9-10H2,1-2H3,(H,22,24). The SMILES string of the molecule is CN(C)CCOc1ccc(C(=O)NC2CCc3cc(Cl)ccc32)cn1. The molecule has 2 aromatic rings. The van der Waals surface area contributed by atoms with Crippen molar-refractivity contribution >= 4 is 17.5 Å². The van der Waals surface area contributed by atoms with Gasteiger partial charge in [0.2, 0.25) is 5.88 Å². The number of fused-ring (bicyclic) bond motifs is 1. The molecule has 3 rings (SSSR count). The number of aromatic nitrogens is 1. The van der Waals surface area contributed by atoms with Crippen LogP contribution in [0.25, 0.3) is 0 Å². The van der Waals surface area contributed by atoms with Gasteiger partial charge in [0.05, 0.1) is 11.6 Å². The number of nitrogens with one attached hydrogen (secondary N) is 1. The third-order valence-electron chi connectivity index (χ3n) is 4.28. The van der Waals surface area contributed by atoms with E-state index in [-0.39, 0.29) is 11.9 Å². The molecule has 1 aromatic heterocycles. The van der Waals surface area contributed by atoms with Crippen LogP contribution >= 0.6 is 11.6 Å². The molecule has 1 N–H and O–H groups in total. The first-order valence-electron chi connectivity index (χ1n) is 8.35. The lowest BCUT2D eigenvalue weighted by molar-refractivity contribution is 0.0936. The average molecular weight is 360 g/mol. The maximum atomic E-state index is 12.5. The highest BCUT2D eigenvalue weighted by Gasteiger charge is 2.24. The van der Waals surface area contributed by atoms with Crippen LogP contribution in [-0.2, 0) is 6.42 Å². The van der Waals surface area contributed by atoms with Crippen LogP contribution in [0.2, 0.25) is 5.02 Å². The first-order chi connectivity index (χ1) is 12.0. The van der Waals surface area contributed by atoms with Crippen molar-refractivity contribution in [3.05, 3.63) is 58.2 Å². The Bertz CT molecular complexity index is 747. The van der Waals surface area contributed by atoms with E-state index >= 15 is 0 Å². The summed E-state index contributed by atoms with van der Waals surface area (Å²) in [6, 6.07) is 9.33. The molecule has 1 heterocycles. The van der Waals surface area contributed by atoms with E-state index in [2.05, 4.69) is 10.3 Å². The van der Waals surface area contributed by atoms with Crippen LogP contribution in [0.3, 0.4) is 0 Å². The van der Waals surface area contributed by atoms with Crippen LogP contribution in [0, 0.1) is 0 Å². The second-order valence-electron chi connectivity index (χ2n) is 6.44. The van der Waals surface area contributed by atoms with Gasteiger partial charge in [-0.25, -0.2) is 4.98 Å². The van der Waals surface area contributed by atoms with Gasteiger partial charge in [0.15, 0.2) is 0 Å². The Labute approximate surface area is 153 Å².